The molecule has 2 aromatic rings. The van der Waals surface area contributed by atoms with Gasteiger partial charge in [0.1, 0.15) is 5.54 Å². The highest BCUT2D eigenvalue weighted by Crippen LogP contribution is 2.35. The number of hydrogen-bond acceptors (Lipinski definition) is 4. The van der Waals surface area contributed by atoms with Crippen molar-refractivity contribution in [2.75, 3.05) is 0 Å². The van der Waals surface area contributed by atoms with E-state index in [1.54, 1.807) is 49.4 Å². The number of carbonyl (C=O) groups is 2. The highest BCUT2D eigenvalue weighted by atomic mass is 32.2. The molecule has 2 aromatic carbocycles. The predicted molar refractivity (Wildman–Crippen MR) is 92.2 cm³/mol. The molecule has 0 aromatic heterocycles. The molecule has 6 nitrogen and oxygen atoms in total. The molecule has 25 heavy (non-hydrogen) atoms. The fourth-order valence-corrected chi connectivity index (χ4v) is 4.28. The standard InChI is InChI=1S/C18H18N2O4S/c1-3-18(14-7-5-4-6-8-14)16(21)20(17(22)19-18)25(23,24)15-11-9-13(2)10-12-15/h4-12H,3H2,1-2H3,(H,19,22). The molecule has 7 heteroatoms. The third-order valence-corrected chi connectivity index (χ3v) is 6.09. The van der Waals surface area contributed by atoms with E-state index >= 15 is 0 Å². The van der Waals surface area contributed by atoms with Crippen LogP contribution in [0.15, 0.2) is 59.5 Å². The lowest BCUT2D eigenvalue weighted by atomic mass is 9.87. The van der Waals surface area contributed by atoms with Crippen molar-refractivity contribution in [3.8, 4) is 0 Å². The largest absolute Gasteiger partial charge is 0.339 e. The Kier molecular flexibility index (Phi) is 4.12. The summed E-state index contributed by atoms with van der Waals surface area (Å²) in [5.41, 5.74) is 0.0524. The van der Waals surface area contributed by atoms with Crippen LogP contribution in [0.1, 0.15) is 24.5 Å². The molecule has 1 N–H and O–H groups in total. The number of benzene rings is 2. The van der Waals surface area contributed by atoms with Crippen LogP contribution in [0.5, 0.6) is 0 Å². The second-order valence-electron chi connectivity index (χ2n) is 5.94. The molecule has 3 rings (SSSR count). The van der Waals surface area contributed by atoms with Gasteiger partial charge in [-0.2, -0.15) is 0 Å². The number of carbonyl (C=O) groups excluding carboxylic acids is 2. The average molecular weight is 358 g/mol. The molecule has 1 saturated heterocycles. The van der Waals surface area contributed by atoms with Gasteiger partial charge in [0.15, 0.2) is 0 Å². The number of sulfonamides is 1. The first kappa shape index (κ1) is 17.2. The second kappa shape index (κ2) is 6.00. The van der Waals surface area contributed by atoms with Crippen LogP contribution in [-0.2, 0) is 20.4 Å². The molecule has 0 radical (unpaired) electrons. The zero-order valence-electron chi connectivity index (χ0n) is 13.9. The van der Waals surface area contributed by atoms with E-state index in [0.29, 0.717) is 9.87 Å². The van der Waals surface area contributed by atoms with E-state index in [1.165, 1.54) is 12.1 Å². The summed E-state index contributed by atoms with van der Waals surface area (Å²) < 4.78 is 26.0. The summed E-state index contributed by atoms with van der Waals surface area (Å²) in [5.74, 6) is -0.785. The Morgan fingerprint density at radius 2 is 1.60 bits per heavy atom. The van der Waals surface area contributed by atoms with Gasteiger partial charge in [0, 0.05) is 0 Å². The van der Waals surface area contributed by atoms with Crippen LogP contribution in [0.2, 0.25) is 0 Å². The van der Waals surface area contributed by atoms with E-state index in [4.69, 9.17) is 0 Å². The molecule has 1 atom stereocenters. The maximum absolute atomic E-state index is 13.0. The van der Waals surface area contributed by atoms with Gasteiger partial charge in [0.05, 0.1) is 4.90 Å². The molecule has 1 fully saturated rings. The fraction of sp³-hybridized carbons (Fsp3) is 0.222. The Morgan fingerprint density at radius 3 is 2.16 bits per heavy atom. The van der Waals surface area contributed by atoms with E-state index in [1.807, 2.05) is 6.92 Å². The average Bonchev–Trinajstić information content (AvgIpc) is 2.87. The van der Waals surface area contributed by atoms with Crippen molar-refractivity contribution in [1.29, 1.82) is 0 Å². The van der Waals surface area contributed by atoms with Gasteiger partial charge in [-0.3, -0.25) is 4.79 Å². The topological polar surface area (TPSA) is 83.6 Å². The van der Waals surface area contributed by atoms with Gasteiger partial charge in [-0.25, -0.2) is 13.2 Å². The number of amides is 3. The quantitative estimate of drug-likeness (QED) is 0.852. The predicted octanol–water partition coefficient (Wildman–Crippen LogP) is 2.54. The minimum atomic E-state index is -4.27. The van der Waals surface area contributed by atoms with Crippen LogP contribution in [0.4, 0.5) is 4.79 Å². The molecule has 0 saturated carbocycles. The summed E-state index contributed by atoms with van der Waals surface area (Å²) in [6, 6.07) is 13.7. The van der Waals surface area contributed by atoms with Crippen molar-refractivity contribution in [2.24, 2.45) is 0 Å². The monoisotopic (exact) mass is 358 g/mol. The molecule has 3 amide bonds. The first-order valence-corrected chi connectivity index (χ1v) is 9.31. The van der Waals surface area contributed by atoms with Gasteiger partial charge in [-0.15, -0.1) is 4.31 Å². The summed E-state index contributed by atoms with van der Waals surface area (Å²) in [4.78, 5) is 25.4. The summed E-state index contributed by atoms with van der Waals surface area (Å²) in [5, 5.41) is 2.58. The first-order valence-electron chi connectivity index (χ1n) is 7.87. The molecule has 1 aliphatic rings. The van der Waals surface area contributed by atoms with Crippen LogP contribution in [0.25, 0.3) is 0 Å². The third-order valence-electron chi connectivity index (χ3n) is 4.41. The Balaban J connectivity index is 2.08. The summed E-state index contributed by atoms with van der Waals surface area (Å²) >= 11 is 0. The second-order valence-corrected chi connectivity index (χ2v) is 7.73. The third kappa shape index (κ3) is 2.60. The Labute approximate surface area is 146 Å². The lowest BCUT2D eigenvalue weighted by Crippen LogP contribution is -2.44. The van der Waals surface area contributed by atoms with Crippen molar-refractivity contribution in [3.63, 3.8) is 0 Å². The maximum Gasteiger partial charge on any atom is 0.339 e. The van der Waals surface area contributed by atoms with Gasteiger partial charge >= 0.3 is 6.03 Å². The van der Waals surface area contributed by atoms with Gasteiger partial charge in [0.25, 0.3) is 15.9 Å². The minimum Gasteiger partial charge on any atom is -0.318 e. The van der Waals surface area contributed by atoms with Crippen molar-refractivity contribution >= 4 is 22.0 Å². The number of hydrogen-bond donors (Lipinski definition) is 1. The van der Waals surface area contributed by atoms with Crippen LogP contribution in [0.3, 0.4) is 0 Å². The molecule has 0 bridgehead atoms. The summed E-state index contributed by atoms with van der Waals surface area (Å²) in [6.45, 7) is 3.55. The van der Waals surface area contributed by atoms with Crippen molar-refractivity contribution in [2.45, 2.75) is 30.7 Å². The minimum absolute atomic E-state index is 0.0958. The first-order chi connectivity index (χ1) is 11.8. The highest BCUT2D eigenvalue weighted by molar-refractivity contribution is 7.90. The zero-order chi connectivity index (χ0) is 18.2. The zero-order valence-corrected chi connectivity index (χ0v) is 14.7. The molecule has 1 heterocycles. The van der Waals surface area contributed by atoms with E-state index in [2.05, 4.69) is 5.32 Å². The molecular weight excluding hydrogens is 340 g/mol. The van der Waals surface area contributed by atoms with Crippen molar-refractivity contribution in [1.82, 2.24) is 9.62 Å². The maximum atomic E-state index is 13.0. The number of nitrogens with zero attached hydrogens (tertiary/aromatic N) is 1. The molecule has 0 aliphatic carbocycles. The fourth-order valence-electron chi connectivity index (χ4n) is 2.95. The van der Waals surface area contributed by atoms with Crippen LogP contribution in [-0.4, -0.2) is 24.7 Å². The summed E-state index contributed by atoms with van der Waals surface area (Å²) in [7, 11) is -4.27. The van der Waals surface area contributed by atoms with Crippen LogP contribution in [0, 0.1) is 6.92 Å². The molecule has 1 aliphatic heterocycles. The SMILES string of the molecule is CCC1(c2ccccc2)NC(=O)N(S(=O)(=O)c2ccc(C)cc2)C1=O. The number of aryl methyl sites for hydroxylation is 1. The van der Waals surface area contributed by atoms with Gasteiger partial charge < -0.3 is 5.32 Å². The lowest BCUT2D eigenvalue weighted by Gasteiger charge is -2.25. The van der Waals surface area contributed by atoms with Crippen molar-refractivity contribution < 1.29 is 18.0 Å². The summed E-state index contributed by atoms with van der Waals surface area (Å²) in [6.07, 6.45) is 0.238. The van der Waals surface area contributed by atoms with Gasteiger partial charge in [0.2, 0.25) is 0 Å². The Morgan fingerprint density at radius 1 is 1.00 bits per heavy atom. The van der Waals surface area contributed by atoms with Crippen LogP contribution < -0.4 is 5.32 Å². The van der Waals surface area contributed by atoms with E-state index in [-0.39, 0.29) is 11.3 Å². The number of nitrogens with one attached hydrogen (secondary N) is 1. The smallest absolute Gasteiger partial charge is 0.318 e. The molecular formula is C18H18N2O4S. The van der Waals surface area contributed by atoms with Crippen molar-refractivity contribution in [3.05, 3.63) is 65.7 Å². The molecule has 1 unspecified atom stereocenters. The number of urea groups is 1. The van der Waals surface area contributed by atoms with Gasteiger partial charge in [-0.1, -0.05) is 55.0 Å². The normalized spacial score (nSPS) is 20.6. The Hall–Kier alpha value is -2.67. The van der Waals surface area contributed by atoms with Gasteiger partial charge in [-0.05, 0) is 31.0 Å². The van der Waals surface area contributed by atoms with E-state index in [0.717, 1.165) is 5.56 Å². The number of imide groups is 1. The van der Waals surface area contributed by atoms with E-state index < -0.39 is 27.5 Å². The Bertz CT molecular complexity index is 923. The molecule has 130 valence electrons. The molecule has 0 spiro atoms. The highest BCUT2D eigenvalue weighted by Gasteiger charge is 2.55. The lowest BCUT2D eigenvalue weighted by molar-refractivity contribution is -0.128. The van der Waals surface area contributed by atoms with E-state index in [9.17, 15) is 18.0 Å². The van der Waals surface area contributed by atoms with Crippen LogP contribution >= 0.6 is 0 Å². The number of rotatable bonds is 4.